The molecule has 0 bridgehead atoms. The number of anilines is 1. The van der Waals surface area contributed by atoms with Gasteiger partial charge in [0, 0.05) is 24.8 Å². The molecule has 0 aliphatic carbocycles. The van der Waals surface area contributed by atoms with E-state index < -0.39 is 10.0 Å². The summed E-state index contributed by atoms with van der Waals surface area (Å²) in [5, 5.41) is 6.70. The fraction of sp³-hybridized carbons (Fsp3) is 0.231. The molecule has 0 atom stereocenters. The summed E-state index contributed by atoms with van der Waals surface area (Å²) in [5.41, 5.74) is 1.91. The van der Waals surface area contributed by atoms with Gasteiger partial charge < -0.3 is 5.32 Å². The Kier molecular flexibility index (Phi) is 3.37. The first-order chi connectivity index (χ1) is 10.3. The molecule has 1 aromatic carbocycles. The van der Waals surface area contributed by atoms with Crippen LogP contribution in [-0.4, -0.2) is 24.1 Å². The molecule has 0 fully saturated rings. The Morgan fingerprint density at radius 1 is 1.41 bits per heavy atom. The fourth-order valence-corrected chi connectivity index (χ4v) is 4.20. The van der Waals surface area contributed by atoms with E-state index in [1.165, 1.54) is 10.7 Å². The lowest BCUT2D eigenvalue weighted by Crippen LogP contribution is -2.15. The number of nitrogens with zero attached hydrogens (tertiary/aromatic N) is 2. The molecular formula is C13H13ClN4O3S. The van der Waals surface area contributed by atoms with Crippen LogP contribution in [0.4, 0.5) is 5.69 Å². The van der Waals surface area contributed by atoms with Gasteiger partial charge in [0.25, 0.3) is 15.9 Å². The van der Waals surface area contributed by atoms with E-state index >= 15 is 0 Å². The minimum atomic E-state index is -3.89. The first-order valence-corrected chi connectivity index (χ1v) is 8.29. The summed E-state index contributed by atoms with van der Waals surface area (Å²) < 4.78 is 28.7. The highest BCUT2D eigenvalue weighted by molar-refractivity contribution is 7.92. The summed E-state index contributed by atoms with van der Waals surface area (Å²) in [6, 6.07) is 4.83. The van der Waals surface area contributed by atoms with Crippen molar-refractivity contribution in [1.82, 2.24) is 15.1 Å². The molecule has 2 aromatic rings. The minimum Gasteiger partial charge on any atom is -0.348 e. The van der Waals surface area contributed by atoms with Gasteiger partial charge in [0.05, 0.1) is 5.69 Å². The van der Waals surface area contributed by atoms with E-state index in [1.807, 2.05) is 0 Å². The number of sulfonamides is 1. The van der Waals surface area contributed by atoms with E-state index in [0.717, 1.165) is 5.56 Å². The minimum absolute atomic E-state index is 0.0314. The maximum atomic E-state index is 12.5. The molecule has 0 unspecified atom stereocenters. The second kappa shape index (κ2) is 4.99. The predicted octanol–water partition coefficient (Wildman–Crippen LogP) is 1.43. The molecule has 22 heavy (non-hydrogen) atoms. The lowest BCUT2D eigenvalue weighted by molar-refractivity contribution is 0.0966. The number of carbonyl (C=O) groups is 1. The molecule has 7 nitrogen and oxygen atoms in total. The molecule has 0 spiro atoms. The second-order valence-corrected chi connectivity index (χ2v) is 6.97. The van der Waals surface area contributed by atoms with Crippen molar-refractivity contribution in [2.45, 2.75) is 18.4 Å². The van der Waals surface area contributed by atoms with Gasteiger partial charge in [-0.05, 0) is 24.6 Å². The van der Waals surface area contributed by atoms with E-state index in [9.17, 15) is 13.2 Å². The van der Waals surface area contributed by atoms with Gasteiger partial charge in [-0.15, -0.1) is 0 Å². The summed E-state index contributed by atoms with van der Waals surface area (Å²) in [5.74, 6) is -0.216. The zero-order chi connectivity index (χ0) is 16.1. The molecular weight excluding hydrogens is 328 g/mol. The zero-order valence-electron chi connectivity index (χ0n) is 11.8. The van der Waals surface area contributed by atoms with Crippen LogP contribution in [0.2, 0.25) is 5.15 Å². The Morgan fingerprint density at radius 3 is 2.77 bits per heavy atom. The van der Waals surface area contributed by atoms with Crippen LogP contribution < -0.4 is 10.0 Å². The summed E-state index contributed by atoms with van der Waals surface area (Å²) in [4.78, 5) is 11.6. The smallest absolute Gasteiger partial charge is 0.266 e. The van der Waals surface area contributed by atoms with Crippen molar-refractivity contribution >= 4 is 33.2 Å². The summed E-state index contributed by atoms with van der Waals surface area (Å²) in [6.45, 7) is 2.02. The standard InChI is InChI=1S/C13H13ClN4O3S/c1-7-11(12(14)18(2)16-7)22(20,21)17-9-4-3-8-6-15-13(19)10(8)5-9/h3-5,17H,6H2,1-2H3,(H,15,19). The van der Waals surface area contributed by atoms with Crippen LogP contribution in [0.25, 0.3) is 0 Å². The maximum Gasteiger partial charge on any atom is 0.266 e. The number of amides is 1. The van der Waals surface area contributed by atoms with Gasteiger partial charge in [-0.25, -0.2) is 8.42 Å². The Hall–Kier alpha value is -2.06. The van der Waals surface area contributed by atoms with Gasteiger partial charge in [-0.1, -0.05) is 17.7 Å². The first kappa shape index (κ1) is 14.9. The maximum absolute atomic E-state index is 12.5. The average molecular weight is 341 g/mol. The molecule has 3 rings (SSSR count). The SMILES string of the molecule is Cc1nn(C)c(Cl)c1S(=O)(=O)Nc1ccc2c(c1)C(=O)NC2. The molecule has 1 aliphatic heterocycles. The van der Waals surface area contributed by atoms with Crippen molar-refractivity contribution in [3.05, 3.63) is 40.2 Å². The molecule has 116 valence electrons. The number of fused-ring (bicyclic) bond motifs is 1. The van der Waals surface area contributed by atoms with Gasteiger partial charge in [0.15, 0.2) is 0 Å². The van der Waals surface area contributed by atoms with E-state index in [0.29, 0.717) is 23.5 Å². The van der Waals surface area contributed by atoms with Crippen molar-refractivity contribution < 1.29 is 13.2 Å². The number of halogens is 1. The van der Waals surface area contributed by atoms with Crippen LogP contribution in [0.15, 0.2) is 23.1 Å². The number of benzene rings is 1. The van der Waals surface area contributed by atoms with E-state index in [1.54, 1.807) is 26.1 Å². The fourth-order valence-electron chi connectivity index (χ4n) is 2.40. The third-order valence-electron chi connectivity index (χ3n) is 3.41. The normalized spacial score (nSPS) is 13.9. The highest BCUT2D eigenvalue weighted by atomic mass is 35.5. The van der Waals surface area contributed by atoms with Crippen molar-refractivity contribution in [2.24, 2.45) is 7.05 Å². The summed E-state index contributed by atoms with van der Waals surface area (Å²) >= 11 is 6.00. The monoisotopic (exact) mass is 340 g/mol. The third kappa shape index (κ3) is 2.34. The number of carbonyl (C=O) groups excluding carboxylic acids is 1. The van der Waals surface area contributed by atoms with Crippen LogP contribution in [0.3, 0.4) is 0 Å². The van der Waals surface area contributed by atoms with Crippen molar-refractivity contribution in [1.29, 1.82) is 0 Å². The number of rotatable bonds is 3. The predicted molar refractivity (Wildman–Crippen MR) is 81.4 cm³/mol. The quantitative estimate of drug-likeness (QED) is 0.883. The summed E-state index contributed by atoms with van der Waals surface area (Å²) in [7, 11) is -2.32. The van der Waals surface area contributed by atoms with Crippen LogP contribution in [-0.2, 0) is 23.6 Å². The molecule has 2 heterocycles. The number of hydrogen-bond acceptors (Lipinski definition) is 4. The molecule has 0 saturated carbocycles. The van der Waals surface area contributed by atoms with Crippen molar-refractivity contribution in [3.63, 3.8) is 0 Å². The first-order valence-electron chi connectivity index (χ1n) is 6.42. The molecule has 0 radical (unpaired) electrons. The topological polar surface area (TPSA) is 93.1 Å². The largest absolute Gasteiger partial charge is 0.348 e. The second-order valence-electron chi connectivity index (χ2n) is 4.99. The molecule has 2 N–H and O–H groups in total. The van der Waals surface area contributed by atoms with Gasteiger partial charge >= 0.3 is 0 Å². The van der Waals surface area contributed by atoms with E-state index in [4.69, 9.17) is 11.6 Å². The van der Waals surface area contributed by atoms with Crippen LogP contribution in [0.1, 0.15) is 21.6 Å². The number of aromatic nitrogens is 2. The van der Waals surface area contributed by atoms with Gasteiger partial charge in [-0.2, -0.15) is 5.10 Å². The van der Waals surface area contributed by atoms with Crippen molar-refractivity contribution in [2.75, 3.05) is 4.72 Å². The Morgan fingerprint density at radius 2 is 2.14 bits per heavy atom. The Balaban J connectivity index is 1.99. The number of aryl methyl sites for hydroxylation is 2. The molecule has 1 aliphatic rings. The van der Waals surface area contributed by atoms with Crippen LogP contribution >= 0.6 is 11.6 Å². The van der Waals surface area contributed by atoms with Gasteiger partial charge in [0.1, 0.15) is 10.0 Å². The van der Waals surface area contributed by atoms with Gasteiger partial charge in [0.2, 0.25) is 0 Å². The lowest BCUT2D eigenvalue weighted by Gasteiger charge is -2.09. The van der Waals surface area contributed by atoms with Crippen molar-refractivity contribution in [3.8, 4) is 0 Å². The van der Waals surface area contributed by atoms with Crippen LogP contribution in [0, 0.1) is 6.92 Å². The molecule has 1 aromatic heterocycles. The lowest BCUT2D eigenvalue weighted by atomic mass is 10.1. The number of hydrogen-bond donors (Lipinski definition) is 2. The third-order valence-corrected chi connectivity index (χ3v) is 5.49. The molecule has 0 saturated heterocycles. The molecule has 9 heteroatoms. The zero-order valence-corrected chi connectivity index (χ0v) is 13.4. The Labute approximate surface area is 132 Å². The molecule has 1 amide bonds. The van der Waals surface area contributed by atoms with Crippen LogP contribution in [0.5, 0.6) is 0 Å². The summed E-state index contributed by atoms with van der Waals surface area (Å²) in [6.07, 6.45) is 0. The average Bonchev–Trinajstić information content (AvgIpc) is 2.91. The van der Waals surface area contributed by atoms with Gasteiger partial charge in [-0.3, -0.25) is 14.2 Å². The van der Waals surface area contributed by atoms with E-state index in [2.05, 4.69) is 15.1 Å². The van der Waals surface area contributed by atoms with E-state index in [-0.39, 0.29) is 16.0 Å². The number of nitrogens with one attached hydrogen (secondary N) is 2. The Bertz CT molecular complexity index is 889. The highest BCUT2D eigenvalue weighted by Crippen LogP contribution is 2.27. The highest BCUT2D eigenvalue weighted by Gasteiger charge is 2.26.